The average molecular weight is 851 g/mol. The van der Waals surface area contributed by atoms with Crippen molar-refractivity contribution >= 4 is 34.8 Å². The number of fused-ring (bicyclic) bond motifs is 1. The van der Waals surface area contributed by atoms with E-state index in [0.717, 1.165) is 81.5 Å². The molecule has 0 aliphatic carbocycles. The molecule has 0 radical (unpaired) electrons. The molecule has 2 aromatic heterocycles. The summed E-state index contributed by atoms with van der Waals surface area (Å²) in [6.07, 6.45) is 5.68. The molecule has 4 aromatic carbocycles. The number of aromatic nitrogens is 4. The van der Waals surface area contributed by atoms with Gasteiger partial charge in [0, 0.05) is 25.2 Å². The first-order chi connectivity index (χ1) is 30.6. The molecule has 0 bridgehead atoms. The highest BCUT2D eigenvalue weighted by Crippen LogP contribution is 2.37. The van der Waals surface area contributed by atoms with E-state index >= 15 is 0 Å². The smallest absolute Gasteiger partial charge is 0.410 e. The van der Waals surface area contributed by atoms with Crippen LogP contribution in [0.25, 0.3) is 44.4 Å². The van der Waals surface area contributed by atoms with Crippen LogP contribution in [0.2, 0.25) is 0 Å². The van der Waals surface area contributed by atoms with E-state index in [1.54, 1.807) is 0 Å². The molecule has 0 spiro atoms. The van der Waals surface area contributed by atoms with Crippen molar-refractivity contribution in [1.82, 2.24) is 40.0 Å². The Bertz CT molecular complexity index is 2590. The number of rotatable bonds is 12. The van der Waals surface area contributed by atoms with E-state index in [2.05, 4.69) is 75.9 Å². The molecule has 2 aliphatic heterocycles. The predicted molar refractivity (Wildman–Crippen MR) is 240 cm³/mol. The molecular formula is C49H54N8O6. The van der Waals surface area contributed by atoms with Gasteiger partial charge in [-0.05, 0) is 83.7 Å². The molecule has 14 heteroatoms. The molecular weight excluding hydrogens is 797 g/mol. The van der Waals surface area contributed by atoms with Crippen molar-refractivity contribution in [3.8, 4) is 33.6 Å². The van der Waals surface area contributed by atoms with Crippen LogP contribution in [0.3, 0.4) is 0 Å². The largest absolute Gasteiger partial charge is 0.453 e. The summed E-state index contributed by atoms with van der Waals surface area (Å²) in [7, 11) is 2.63. The number of ether oxygens (including phenoxy) is 2. The lowest BCUT2D eigenvalue weighted by molar-refractivity contribution is -0.138. The Hall–Kier alpha value is -6.96. The van der Waals surface area contributed by atoms with Gasteiger partial charge < -0.3 is 34.6 Å². The maximum absolute atomic E-state index is 14.3. The van der Waals surface area contributed by atoms with Gasteiger partial charge in [-0.15, -0.1) is 0 Å². The minimum atomic E-state index is -0.815. The van der Waals surface area contributed by atoms with Crippen molar-refractivity contribution in [3.63, 3.8) is 0 Å². The highest BCUT2D eigenvalue weighted by Gasteiger charge is 2.40. The molecule has 2 fully saturated rings. The van der Waals surface area contributed by atoms with Crippen LogP contribution in [-0.2, 0) is 19.1 Å². The fraction of sp³-hybridized carbons (Fsp3) is 0.347. The minimum absolute atomic E-state index is 0.108. The summed E-state index contributed by atoms with van der Waals surface area (Å²) in [5.74, 6) is 1.04. The maximum Gasteiger partial charge on any atom is 0.410 e. The van der Waals surface area contributed by atoms with E-state index in [1.807, 2.05) is 73.3 Å². The second-order valence-corrected chi connectivity index (χ2v) is 16.5. The van der Waals surface area contributed by atoms with Gasteiger partial charge in [-0.3, -0.25) is 14.5 Å². The van der Waals surface area contributed by atoms with Crippen LogP contribution in [0.15, 0.2) is 103 Å². The van der Waals surface area contributed by atoms with Crippen molar-refractivity contribution in [3.05, 3.63) is 121 Å². The first kappa shape index (κ1) is 42.7. The third kappa shape index (κ3) is 8.75. The highest BCUT2D eigenvalue weighted by atomic mass is 16.5. The van der Waals surface area contributed by atoms with Crippen LogP contribution < -0.4 is 5.32 Å². The number of methoxy groups -OCH3 is 2. The fourth-order valence-electron chi connectivity index (χ4n) is 9.03. The van der Waals surface area contributed by atoms with E-state index in [1.165, 1.54) is 19.1 Å². The zero-order valence-corrected chi connectivity index (χ0v) is 36.3. The van der Waals surface area contributed by atoms with Gasteiger partial charge in [-0.1, -0.05) is 92.7 Å². The van der Waals surface area contributed by atoms with Crippen molar-refractivity contribution < 1.29 is 28.7 Å². The standard InChI is InChI=1S/C49H54N8O6/c1-6-55(49(61)63-5)43(33-12-8-7-9-13-33)47(59)57-25-11-15-41(57)45-50-28-38(52-45)32-18-16-31(17-19-32)34-20-21-36-27-37(23-22-35(36)26-34)39-29-51-44(53-39)40-14-10-24-56(40)46(58)42(30(2)3)54-48(60)62-4/h7-9,12-13,16-23,26-30,40-43H,6,10-11,14-15,24-25H2,1-5H3,(H,50,52)(H,51,53)(H,54,60)/t40-,41-,42-,43+/m0/s1. The van der Waals surface area contributed by atoms with Crippen LogP contribution in [0, 0.1) is 5.92 Å². The van der Waals surface area contributed by atoms with Gasteiger partial charge >= 0.3 is 12.2 Å². The van der Waals surface area contributed by atoms with Crippen LogP contribution in [-0.4, -0.2) is 98.5 Å². The second kappa shape index (κ2) is 18.6. The minimum Gasteiger partial charge on any atom is -0.453 e. The summed E-state index contributed by atoms with van der Waals surface area (Å²) in [6.45, 7) is 7.13. The summed E-state index contributed by atoms with van der Waals surface area (Å²) < 4.78 is 9.85. The SMILES string of the molecule is CCN(C(=O)OC)[C@@H](C(=O)N1CCC[C@H]1c1ncc(-c2ccc(-c3ccc4cc(-c5cnc([C@@H]6CCCN6C(=O)[C@@H](NC(=O)OC)C(C)C)[nH]5)ccc4c3)cc2)[nH]1)c1ccccc1. The molecule has 326 valence electrons. The Kier molecular flexibility index (Phi) is 12.6. The third-order valence-electron chi connectivity index (χ3n) is 12.4. The average Bonchev–Trinajstić information content (AvgIpc) is 4.17. The molecule has 3 N–H and O–H groups in total. The molecule has 0 unspecified atom stereocenters. The summed E-state index contributed by atoms with van der Waals surface area (Å²) in [4.78, 5) is 74.3. The Labute approximate surface area is 367 Å². The van der Waals surface area contributed by atoms with E-state index in [4.69, 9.17) is 19.4 Å². The van der Waals surface area contributed by atoms with E-state index in [-0.39, 0.29) is 29.8 Å². The first-order valence-electron chi connectivity index (χ1n) is 21.7. The van der Waals surface area contributed by atoms with Crippen molar-refractivity contribution in [2.75, 3.05) is 33.9 Å². The Morgan fingerprint density at radius 2 is 1.25 bits per heavy atom. The maximum atomic E-state index is 14.3. The predicted octanol–water partition coefficient (Wildman–Crippen LogP) is 8.82. The van der Waals surface area contributed by atoms with Crippen molar-refractivity contribution in [1.29, 1.82) is 0 Å². The van der Waals surface area contributed by atoms with Gasteiger partial charge in [0.2, 0.25) is 5.91 Å². The van der Waals surface area contributed by atoms with E-state index < -0.39 is 24.3 Å². The van der Waals surface area contributed by atoms with Gasteiger partial charge in [0.25, 0.3) is 5.91 Å². The summed E-state index contributed by atoms with van der Waals surface area (Å²) in [6, 6.07) is 28.5. The topological polar surface area (TPSA) is 166 Å². The normalized spacial score (nSPS) is 17.2. The molecule has 8 rings (SSSR count). The van der Waals surface area contributed by atoms with Crippen LogP contribution in [0.4, 0.5) is 9.59 Å². The molecule has 6 aromatic rings. The number of carbonyl (C=O) groups is 4. The number of imidazole rings is 2. The number of hydrogen-bond acceptors (Lipinski definition) is 8. The number of aromatic amines is 2. The Morgan fingerprint density at radius 1 is 0.714 bits per heavy atom. The molecule has 4 atom stereocenters. The summed E-state index contributed by atoms with van der Waals surface area (Å²) in [5.41, 5.74) is 6.59. The van der Waals surface area contributed by atoms with Crippen LogP contribution in [0.5, 0.6) is 0 Å². The van der Waals surface area contributed by atoms with E-state index in [9.17, 15) is 19.2 Å². The van der Waals surface area contributed by atoms with Gasteiger partial charge in [0.05, 0.1) is 50.1 Å². The van der Waals surface area contributed by atoms with Gasteiger partial charge in [-0.25, -0.2) is 19.6 Å². The second-order valence-electron chi connectivity index (χ2n) is 16.5. The van der Waals surface area contributed by atoms with Gasteiger partial charge in [0.15, 0.2) is 0 Å². The van der Waals surface area contributed by atoms with Crippen molar-refractivity contribution in [2.45, 2.75) is 70.6 Å². The Morgan fingerprint density at radius 3 is 1.83 bits per heavy atom. The number of likely N-dealkylation sites (N-methyl/N-ethyl adjacent to an activating group) is 1. The number of alkyl carbamates (subject to hydrolysis) is 1. The first-order valence-corrected chi connectivity index (χ1v) is 21.7. The zero-order chi connectivity index (χ0) is 44.2. The molecule has 2 saturated heterocycles. The van der Waals surface area contributed by atoms with Crippen LogP contribution in [0.1, 0.15) is 81.8 Å². The third-order valence-corrected chi connectivity index (χ3v) is 12.4. The van der Waals surface area contributed by atoms with Gasteiger partial charge in [-0.2, -0.15) is 0 Å². The number of likely N-dealkylation sites (tertiary alicyclic amines) is 2. The lowest BCUT2D eigenvalue weighted by atomic mass is 9.98. The zero-order valence-electron chi connectivity index (χ0n) is 36.3. The summed E-state index contributed by atoms with van der Waals surface area (Å²) in [5, 5.41) is 4.89. The quantitative estimate of drug-likeness (QED) is 0.110. The number of H-pyrrole nitrogens is 2. The Balaban J connectivity index is 0.950. The number of amides is 4. The molecule has 0 saturated carbocycles. The van der Waals surface area contributed by atoms with Crippen LogP contribution >= 0.6 is 0 Å². The molecule has 2 aliphatic rings. The monoisotopic (exact) mass is 850 g/mol. The molecule has 4 amide bonds. The molecule has 4 heterocycles. The number of hydrogen-bond donors (Lipinski definition) is 3. The van der Waals surface area contributed by atoms with E-state index in [0.29, 0.717) is 25.5 Å². The lowest BCUT2D eigenvalue weighted by Gasteiger charge is -2.34. The van der Waals surface area contributed by atoms with Gasteiger partial charge in [0.1, 0.15) is 23.7 Å². The number of benzene rings is 4. The molecule has 63 heavy (non-hydrogen) atoms. The lowest BCUT2D eigenvalue weighted by Crippen LogP contribution is -2.51. The molecule has 14 nitrogen and oxygen atoms in total. The highest BCUT2D eigenvalue weighted by molar-refractivity contribution is 5.91. The van der Waals surface area contributed by atoms with Crippen molar-refractivity contribution in [2.24, 2.45) is 5.92 Å². The summed E-state index contributed by atoms with van der Waals surface area (Å²) >= 11 is 0. The fourth-order valence-corrected chi connectivity index (χ4v) is 9.03. The number of carbonyl (C=O) groups excluding carboxylic acids is 4. The number of nitrogens with zero attached hydrogens (tertiary/aromatic N) is 5. The number of nitrogens with one attached hydrogen (secondary N) is 3.